The first-order chi connectivity index (χ1) is 17.2. The summed E-state index contributed by atoms with van der Waals surface area (Å²) in [7, 11) is -1.99. The Balaban J connectivity index is 1.42. The molecule has 0 saturated carbocycles. The van der Waals surface area contributed by atoms with Crippen LogP contribution < -0.4 is 10.0 Å². The molecule has 0 aliphatic heterocycles. The number of carbonyl (C=O) groups excluding carboxylic acids is 2. The normalized spacial score (nSPS) is 11.3. The van der Waals surface area contributed by atoms with E-state index in [2.05, 4.69) is 20.0 Å². The zero-order valence-electron chi connectivity index (χ0n) is 20.0. The molecule has 3 N–H and O–H groups in total. The van der Waals surface area contributed by atoms with E-state index in [0.717, 1.165) is 23.9 Å². The van der Waals surface area contributed by atoms with Gasteiger partial charge in [-0.2, -0.15) is 0 Å². The number of amides is 2. The number of aromatic amines is 1. The number of nitrogens with one attached hydrogen (secondary N) is 3. The minimum Gasteiger partial charge on any atom is -0.346 e. The molecule has 1 aromatic heterocycles. The molecule has 0 radical (unpaired) electrons. The molecule has 186 valence electrons. The van der Waals surface area contributed by atoms with E-state index in [1.807, 2.05) is 18.2 Å². The second kappa shape index (κ2) is 10.6. The van der Waals surface area contributed by atoms with E-state index in [1.54, 1.807) is 55.3 Å². The van der Waals surface area contributed by atoms with Crippen LogP contribution in [0.1, 0.15) is 29.3 Å². The second-order valence-corrected chi connectivity index (χ2v) is 10.1. The van der Waals surface area contributed by atoms with Gasteiger partial charge in [0.2, 0.25) is 11.9 Å². The number of hydrogen-bond acceptors (Lipinski definition) is 5. The number of fused-ring (bicyclic) bond motifs is 1. The van der Waals surface area contributed by atoms with Gasteiger partial charge in [0.05, 0.1) is 15.9 Å². The van der Waals surface area contributed by atoms with Gasteiger partial charge in [-0.25, -0.2) is 13.4 Å². The lowest BCUT2D eigenvalue weighted by atomic mass is 10.1. The summed E-state index contributed by atoms with van der Waals surface area (Å²) >= 11 is 0. The average Bonchev–Trinajstić information content (AvgIpc) is 3.26. The number of carbonyl (C=O) groups is 2. The molecule has 36 heavy (non-hydrogen) atoms. The Morgan fingerprint density at radius 2 is 1.78 bits per heavy atom. The average molecular weight is 506 g/mol. The van der Waals surface area contributed by atoms with Crippen LogP contribution in [0.25, 0.3) is 11.0 Å². The van der Waals surface area contributed by atoms with Gasteiger partial charge in [0, 0.05) is 31.8 Å². The summed E-state index contributed by atoms with van der Waals surface area (Å²) in [6.07, 6.45) is 1.64. The highest BCUT2D eigenvalue weighted by molar-refractivity contribution is 7.92. The molecule has 0 aliphatic carbocycles. The molecular weight excluding hydrogens is 478 g/mol. The smallest absolute Gasteiger partial charge is 0.261 e. The number of aromatic nitrogens is 2. The van der Waals surface area contributed by atoms with Crippen LogP contribution in [0.5, 0.6) is 0 Å². The van der Waals surface area contributed by atoms with Crippen LogP contribution in [-0.2, 0) is 21.2 Å². The molecule has 0 spiro atoms. The van der Waals surface area contributed by atoms with Crippen molar-refractivity contribution >= 4 is 44.5 Å². The minimum absolute atomic E-state index is 0.0403. The van der Waals surface area contributed by atoms with Gasteiger partial charge in [-0.3, -0.25) is 19.6 Å². The molecule has 0 saturated heterocycles. The van der Waals surface area contributed by atoms with Crippen molar-refractivity contribution in [3.8, 4) is 0 Å². The van der Waals surface area contributed by atoms with E-state index < -0.39 is 15.9 Å². The van der Waals surface area contributed by atoms with Gasteiger partial charge < -0.3 is 9.88 Å². The molecule has 0 aliphatic rings. The van der Waals surface area contributed by atoms with Gasteiger partial charge in [-0.1, -0.05) is 30.3 Å². The van der Waals surface area contributed by atoms with Crippen molar-refractivity contribution in [2.45, 2.75) is 24.7 Å². The molecule has 4 rings (SSSR count). The van der Waals surface area contributed by atoms with Crippen molar-refractivity contribution in [1.29, 1.82) is 0 Å². The molecule has 2 amide bonds. The summed E-state index contributed by atoms with van der Waals surface area (Å²) in [5, 5.41) is 2.73. The molecular formula is C26H27N5O4S. The van der Waals surface area contributed by atoms with E-state index in [4.69, 9.17) is 0 Å². The maximum atomic E-state index is 12.8. The Morgan fingerprint density at radius 1 is 1.00 bits per heavy atom. The Morgan fingerprint density at radius 3 is 2.53 bits per heavy atom. The predicted molar refractivity (Wildman–Crippen MR) is 139 cm³/mol. The van der Waals surface area contributed by atoms with Crippen molar-refractivity contribution in [1.82, 2.24) is 14.9 Å². The van der Waals surface area contributed by atoms with Gasteiger partial charge in [-0.05, 0) is 60.9 Å². The Hall–Kier alpha value is -4.18. The Labute approximate surface area is 209 Å². The highest BCUT2D eigenvalue weighted by Crippen LogP contribution is 2.20. The molecule has 0 fully saturated rings. The predicted octanol–water partition coefficient (Wildman–Crippen LogP) is 4.03. The number of aryl methyl sites for hydroxylation is 1. The van der Waals surface area contributed by atoms with Crippen LogP contribution in [0.3, 0.4) is 0 Å². The third-order valence-electron chi connectivity index (χ3n) is 5.71. The van der Waals surface area contributed by atoms with Crippen molar-refractivity contribution in [2.24, 2.45) is 0 Å². The first-order valence-electron chi connectivity index (χ1n) is 11.4. The van der Waals surface area contributed by atoms with Crippen LogP contribution in [0.15, 0.2) is 77.7 Å². The Bertz CT molecular complexity index is 1500. The van der Waals surface area contributed by atoms with Crippen molar-refractivity contribution in [3.63, 3.8) is 0 Å². The fraction of sp³-hybridized carbons (Fsp3) is 0.192. The fourth-order valence-electron chi connectivity index (χ4n) is 3.67. The van der Waals surface area contributed by atoms with Crippen LogP contribution in [-0.4, -0.2) is 48.7 Å². The SMILES string of the molecule is CC(=O)N(C)CCCc1ccc2nc(NC(=O)c3cccc(NS(=O)(=O)c4ccccc4)c3)[nH]c2c1. The van der Waals surface area contributed by atoms with Gasteiger partial charge in [-0.15, -0.1) is 0 Å². The summed E-state index contributed by atoms with van der Waals surface area (Å²) in [5.74, 6) is -0.0976. The summed E-state index contributed by atoms with van der Waals surface area (Å²) < 4.78 is 27.7. The lowest BCUT2D eigenvalue weighted by Gasteiger charge is -2.14. The summed E-state index contributed by atoms with van der Waals surface area (Å²) in [4.78, 5) is 33.5. The largest absolute Gasteiger partial charge is 0.346 e. The van der Waals surface area contributed by atoms with E-state index in [-0.39, 0.29) is 22.1 Å². The van der Waals surface area contributed by atoms with Gasteiger partial charge in [0.15, 0.2) is 0 Å². The first kappa shape index (κ1) is 24.9. The third-order valence-corrected chi connectivity index (χ3v) is 7.10. The van der Waals surface area contributed by atoms with Crippen LogP contribution >= 0.6 is 0 Å². The minimum atomic E-state index is -3.77. The number of sulfonamides is 1. The summed E-state index contributed by atoms with van der Waals surface area (Å²) in [6.45, 7) is 2.23. The zero-order chi connectivity index (χ0) is 25.7. The highest BCUT2D eigenvalue weighted by atomic mass is 32.2. The number of H-pyrrole nitrogens is 1. The standard InChI is InChI=1S/C26H27N5O4S/c1-18(32)31(2)15-7-8-19-13-14-23-24(16-19)28-26(27-23)29-25(33)20-9-6-10-21(17-20)30-36(34,35)22-11-4-3-5-12-22/h3-6,9-14,16-17,30H,7-8,15H2,1-2H3,(H2,27,28,29,33). The highest BCUT2D eigenvalue weighted by Gasteiger charge is 2.15. The van der Waals surface area contributed by atoms with E-state index in [9.17, 15) is 18.0 Å². The number of benzene rings is 3. The molecule has 0 bridgehead atoms. The zero-order valence-corrected chi connectivity index (χ0v) is 20.8. The number of nitrogens with zero attached hydrogens (tertiary/aromatic N) is 2. The molecule has 4 aromatic rings. The maximum absolute atomic E-state index is 12.8. The van der Waals surface area contributed by atoms with Crippen LogP contribution in [0.2, 0.25) is 0 Å². The molecule has 3 aromatic carbocycles. The number of hydrogen-bond donors (Lipinski definition) is 3. The molecule has 0 unspecified atom stereocenters. The summed E-state index contributed by atoms with van der Waals surface area (Å²) in [5.41, 5.74) is 3.14. The van der Waals surface area contributed by atoms with Crippen LogP contribution in [0, 0.1) is 0 Å². The molecule has 0 atom stereocenters. The first-order valence-corrected chi connectivity index (χ1v) is 12.9. The Kier molecular flexibility index (Phi) is 7.35. The van der Waals surface area contributed by atoms with Gasteiger partial charge >= 0.3 is 0 Å². The number of imidazole rings is 1. The fourth-order valence-corrected chi connectivity index (χ4v) is 4.74. The lowest BCUT2D eigenvalue weighted by molar-refractivity contribution is -0.127. The number of rotatable bonds is 9. The third kappa shape index (κ3) is 6.08. The maximum Gasteiger partial charge on any atom is 0.261 e. The van der Waals surface area contributed by atoms with Crippen LogP contribution in [0.4, 0.5) is 11.6 Å². The lowest BCUT2D eigenvalue weighted by Crippen LogP contribution is -2.25. The quantitative estimate of drug-likeness (QED) is 0.317. The van der Waals surface area contributed by atoms with E-state index in [1.165, 1.54) is 18.2 Å². The van der Waals surface area contributed by atoms with Crippen molar-refractivity contribution < 1.29 is 18.0 Å². The van der Waals surface area contributed by atoms with E-state index >= 15 is 0 Å². The monoisotopic (exact) mass is 505 g/mol. The molecule has 9 nitrogen and oxygen atoms in total. The molecule has 10 heteroatoms. The summed E-state index contributed by atoms with van der Waals surface area (Å²) in [6, 6.07) is 20.1. The van der Waals surface area contributed by atoms with Crippen molar-refractivity contribution in [3.05, 3.63) is 83.9 Å². The van der Waals surface area contributed by atoms with E-state index in [0.29, 0.717) is 18.0 Å². The van der Waals surface area contributed by atoms with Gasteiger partial charge in [0.1, 0.15) is 0 Å². The van der Waals surface area contributed by atoms with Crippen molar-refractivity contribution in [2.75, 3.05) is 23.6 Å². The van der Waals surface area contributed by atoms with Gasteiger partial charge in [0.25, 0.3) is 15.9 Å². The number of anilines is 2. The molecule has 1 heterocycles. The second-order valence-electron chi connectivity index (χ2n) is 8.43. The topological polar surface area (TPSA) is 124 Å².